The number of epoxide rings is 1. The summed E-state index contributed by atoms with van der Waals surface area (Å²) in [6.45, 7) is 16.9. The van der Waals surface area contributed by atoms with E-state index in [1.54, 1.807) is 49.5 Å². The summed E-state index contributed by atoms with van der Waals surface area (Å²) in [5.74, 6) is -1.15. The van der Waals surface area contributed by atoms with Gasteiger partial charge in [0.05, 0.1) is 23.2 Å². The second-order valence-electron chi connectivity index (χ2n) is 17.3. The molecule has 3 aliphatic rings. The van der Waals surface area contributed by atoms with E-state index in [2.05, 4.69) is 19.2 Å². The molecule has 1 aromatic carbocycles. The third-order valence-corrected chi connectivity index (χ3v) is 15.9. The average Bonchev–Trinajstić information content (AvgIpc) is 3.87. The molecule has 3 amide bonds. The van der Waals surface area contributed by atoms with Gasteiger partial charge >= 0.3 is 12.1 Å². The van der Waals surface area contributed by atoms with E-state index in [1.165, 1.54) is 9.80 Å². The second-order valence-corrected chi connectivity index (χ2v) is 20.8. The van der Waals surface area contributed by atoms with Gasteiger partial charge in [-0.05, 0) is 78.0 Å². The Labute approximate surface area is 363 Å². The van der Waals surface area contributed by atoms with E-state index in [4.69, 9.17) is 25.8 Å². The van der Waals surface area contributed by atoms with Crippen LogP contribution in [0.1, 0.15) is 111 Å². The number of amides is 3. The number of nitrogens with one attached hydrogen (secondary N) is 1. The van der Waals surface area contributed by atoms with Crippen molar-refractivity contribution >= 4 is 68.5 Å². The SMILES string of the molecule is CCC(=O)CCCSSC(C)(C)CCC(=O)N(C)[C@@H](C)C(=O)O[C@H]1CC(=O)N(C)c2cc(cc(C)c2Cl)C/C(C)=C/C=C/[C@@H](C)[C@@]2(O)CC(OC(=O)N2)[C@@H](C)[C@@H]2O[C@@]12C. The van der Waals surface area contributed by atoms with Gasteiger partial charge in [0.1, 0.15) is 35.4 Å². The number of aliphatic hydroxyl groups is 1. The maximum absolute atomic E-state index is 14.2. The van der Waals surface area contributed by atoms with Crippen molar-refractivity contribution in [3.63, 3.8) is 0 Å². The summed E-state index contributed by atoms with van der Waals surface area (Å²) in [6.07, 6.45) is 5.50. The smallest absolute Gasteiger partial charge is 0.409 e. The van der Waals surface area contributed by atoms with Crippen molar-refractivity contribution in [1.82, 2.24) is 10.2 Å². The van der Waals surface area contributed by atoms with Gasteiger partial charge in [0.2, 0.25) is 11.8 Å². The van der Waals surface area contributed by atoms with Crippen LogP contribution in [0.3, 0.4) is 0 Å². The van der Waals surface area contributed by atoms with Gasteiger partial charge in [-0.25, -0.2) is 9.59 Å². The number of allylic oxidation sites excluding steroid dienone is 3. The number of rotatable bonds is 13. The Hall–Kier alpha value is -3.04. The topological polar surface area (TPSA) is 155 Å². The van der Waals surface area contributed by atoms with Crippen LogP contribution in [-0.4, -0.2) is 99.9 Å². The van der Waals surface area contributed by atoms with Crippen molar-refractivity contribution in [1.29, 1.82) is 0 Å². The number of alkyl carbamates (subject to hydrolysis) is 1. The molecule has 1 unspecified atom stereocenters. The van der Waals surface area contributed by atoms with Crippen LogP contribution in [0.15, 0.2) is 35.9 Å². The Morgan fingerprint density at radius 2 is 1.88 bits per heavy atom. The summed E-state index contributed by atoms with van der Waals surface area (Å²) in [6, 6.07) is 2.87. The fraction of sp³-hybridized carbons (Fsp3) is 0.659. The van der Waals surface area contributed by atoms with Crippen LogP contribution >= 0.6 is 33.2 Å². The molecule has 2 fully saturated rings. The largest absolute Gasteiger partial charge is 0.457 e. The third kappa shape index (κ3) is 12.5. The van der Waals surface area contributed by atoms with Gasteiger partial charge in [-0.1, -0.05) is 83.8 Å². The van der Waals surface area contributed by atoms with Crippen LogP contribution < -0.4 is 10.2 Å². The molecule has 59 heavy (non-hydrogen) atoms. The Kier molecular flexibility index (Phi) is 16.7. The minimum Gasteiger partial charge on any atom is -0.457 e. The summed E-state index contributed by atoms with van der Waals surface area (Å²) >= 11 is 6.81. The van der Waals surface area contributed by atoms with Gasteiger partial charge in [0.15, 0.2) is 0 Å². The molecular weight excluding hydrogens is 814 g/mol. The number of Topliss-reactive ketones (excluding diaryl/α,β-unsaturated/α-hetero) is 1. The number of ether oxygens (including phenoxy) is 3. The molecule has 12 nitrogen and oxygen atoms in total. The van der Waals surface area contributed by atoms with Crippen molar-refractivity contribution in [2.45, 2.75) is 154 Å². The van der Waals surface area contributed by atoms with E-state index in [-0.39, 0.29) is 41.6 Å². The normalized spacial score (nSPS) is 29.5. The summed E-state index contributed by atoms with van der Waals surface area (Å²) in [4.78, 5) is 69.0. The number of halogens is 1. The Morgan fingerprint density at radius 3 is 2.56 bits per heavy atom. The first kappa shape index (κ1) is 48.6. The van der Waals surface area contributed by atoms with Gasteiger partial charge in [0.25, 0.3) is 0 Å². The fourth-order valence-electron chi connectivity index (χ4n) is 7.49. The summed E-state index contributed by atoms with van der Waals surface area (Å²) in [5.41, 5.74) is 0.475. The Bertz CT molecular complexity index is 1810. The highest BCUT2D eigenvalue weighted by molar-refractivity contribution is 8.77. The molecule has 3 heterocycles. The number of aryl methyl sites for hydroxylation is 1. The van der Waals surface area contributed by atoms with Crippen molar-refractivity contribution in [3.05, 3.63) is 52.1 Å². The van der Waals surface area contributed by atoms with Crippen molar-refractivity contribution in [3.8, 4) is 0 Å². The molecule has 4 rings (SSSR count). The first-order valence-electron chi connectivity index (χ1n) is 20.6. The van der Waals surface area contributed by atoms with Gasteiger partial charge in [-0.15, -0.1) is 0 Å². The maximum atomic E-state index is 14.2. The molecule has 2 N–H and O–H groups in total. The summed E-state index contributed by atoms with van der Waals surface area (Å²) in [7, 11) is 6.58. The van der Waals surface area contributed by atoms with Crippen molar-refractivity contribution < 1.29 is 43.3 Å². The number of carbonyl (C=O) groups is 5. The number of benzene rings is 1. The van der Waals surface area contributed by atoms with Crippen LogP contribution in [0.5, 0.6) is 0 Å². The molecule has 2 saturated heterocycles. The molecule has 0 aromatic heterocycles. The van der Waals surface area contributed by atoms with E-state index in [0.29, 0.717) is 36.4 Å². The van der Waals surface area contributed by atoms with Crippen LogP contribution in [0.4, 0.5) is 10.5 Å². The molecule has 4 bridgehead atoms. The number of hydrogen-bond donors (Lipinski definition) is 2. The quantitative estimate of drug-likeness (QED) is 0.0854. The molecular formula is C44H64ClN3O9S2. The molecule has 0 saturated carbocycles. The first-order valence-corrected chi connectivity index (χ1v) is 23.3. The number of carbonyl (C=O) groups excluding carboxylic acids is 5. The monoisotopic (exact) mass is 877 g/mol. The molecule has 0 radical (unpaired) electrons. The number of hydrogen-bond acceptors (Lipinski definition) is 11. The zero-order valence-electron chi connectivity index (χ0n) is 36.5. The molecule has 0 aliphatic carbocycles. The van der Waals surface area contributed by atoms with E-state index < -0.39 is 59.6 Å². The van der Waals surface area contributed by atoms with Gasteiger partial charge in [0, 0.05) is 62.1 Å². The van der Waals surface area contributed by atoms with Gasteiger partial charge in [-0.2, -0.15) is 0 Å². The van der Waals surface area contributed by atoms with E-state index in [1.807, 2.05) is 65.0 Å². The number of nitrogens with zero attached hydrogens (tertiary/aromatic N) is 2. The lowest BCUT2D eigenvalue weighted by Gasteiger charge is -2.41. The third-order valence-electron chi connectivity index (χ3n) is 12.0. The Morgan fingerprint density at radius 1 is 1.19 bits per heavy atom. The summed E-state index contributed by atoms with van der Waals surface area (Å²) < 4.78 is 18.0. The van der Waals surface area contributed by atoms with Crippen LogP contribution in [0.2, 0.25) is 5.02 Å². The standard InChI is InChI=1S/C44H64ClN3O9S2/c1-12-32(49)17-14-20-58-59-42(7,8)19-18-36(50)47(10)30(6)40(52)56-35-24-37(51)48(11)33-23-31(22-27(3)38(33)45)21-26(2)15-13-16-28(4)44(54)25-34(55-41(53)46-44)29(5)39-43(35,9)57-39/h13,15-16,22-23,28-30,34-35,39,54H,12,14,17-21,24-25H2,1-11H3,(H,46,53)/b16-13+,26-15+/t28-,29-,30+,34?,35+,39+,43+,44+/m1/s1. The number of ketones is 1. The van der Waals surface area contributed by atoms with Crippen LogP contribution in [-0.2, 0) is 39.8 Å². The van der Waals surface area contributed by atoms with E-state index >= 15 is 0 Å². The lowest BCUT2D eigenvalue weighted by atomic mass is 9.82. The van der Waals surface area contributed by atoms with E-state index in [9.17, 15) is 29.1 Å². The molecule has 3 aliphatic heterocycles. The molecule has 0 spiro atoms. The minimum atomic E-state index is -1.61. The van der Waals surface area contributed by atoms with Crippen molar-refractivity contribution in [2.24, 2.45) is 11.8 Å². The average molecular weight is 879 g/mol. The highest BCUT2D eigenvalue weighted by Gasteiger charge is 2.64. The number of esters is 1. The maximum Gasteiger partial charge on any atom is 0.409 e. The van der Waals surface area contributed by atoms with Gasteiger partial charge < -0.3 is 29.1 Å². The lowest BCUT2D eigenvalue weighted by Crippen LogP contribution is -2.60. The zero-order valence-corrected chi connectivity index (χ0v) is 38.9. The number of fused-ring (bicyclic) bond motifs is 5. The lowest BCUT2D eigenvalue weighted by molar-refractivity contribution is -0.162. The molecule has 8 atom stereocenters. The highest BCUT2D eigenvalue weighted by Crippen LogP contribution is 2.49. The van der Waals surface area contributed by atoms with Crippen LogP contribution in [0, 0.1) is 18.8 Å². The first-order chi connectivity index (χ1) is 27.5. The fourth-order valence-corrected chi connectivity index (χ4v) is 10.4. The zero-order chi connectivity index (χ0) is 44.0. The minimum absolute atomic E-state index is 0.0672. The number of anilines is 1. The second kappa shape index (κ2) is 20.2. The molecule has 1 aromatic rings. The van der Waals surface area contributed by atoms with E-state index in [0.717, 1.165) is 28.9 Å². The molecule has 328 valence electrons. The number of likely N-dealkylation sites (N-methyl/N-ethyl adjacent to an activating group) is 1. The summed E-state index contributed by atoms with van der Waals surface area (Å²) in [5, 5.41) is 14.8. The van der Waals surface area contributed by atoms with Crippen LogP contribution in [0.25, 0.3) is 0 Å². The van der Waals surface area contributed by atoms with Gasteiger partial charge in [-0.3, -0.25) is 19.7 Å². The molecule has 15 heteroatoms. The predicted molar refractivity (Wildman–Crippen MR) is 235 cm³/mol. The highest BCUT2D eigenvalue weighted by atomic mass is 35.5. The van der Waals surface area contributed by atoms with Crippen molar-refractivity contribution in [2.75, 3.05) is 24.7 Å². The predicted octanol–water partition coefficient (Wildman–Crippen LogP) is 8.13. The Balaban J connectivity index is 1.57.